The molecule has 0 unspecified atom stereocenters. The summed E-state index contributed by atoms with van der Waals surface area (Å²) in [5.41, 5.74) is 1.63. The van der Waals surface area contributed by atoms with Crippen molar-refractivity contribution in [2.24, 2.45) is 0 Å². The fourth-order valence-electron chi connectivity index (χ4n) is 2.57. The first-order valence-corrected chi connectivity index (χ1v) is 6.93. The molecule has 1 fully saturated rings. The first-order valence-electron chi connectivity index (χ1n) is 6.93. The SMILES string of the molecule is O=C(O)c1ccc(F)c(NCC2(c3ccccc3)CC2)c1. The Balaban J connectivity index is 1.76. The lowest BCUT2D eigenvalue weighted by Gasteiger charge is -2.18. The first kappa shape index (κ1) is 13.6. The van der Waals surface area contributed by atoms with Crippen molar-refractivity contribution in [1.82, 2.24) is 0 Å². The molecular weight excluding hydrogens is 269 g/mol. The summed E-state index contributed by atoms with van der Waals surface area (Å²) in [5, 5.41) is 12.0. The molecule has 2 aromatic rings. The molecule has 0 amide bonds. The van der Waals surface area contributed by atoms with E-state index in [2.05, 4.69) is 17.4 Å². The largest absolute Gasteiger partial charge is 0.478 e. The van der Waals surface area contributed by atoms with Gasteiger partial charge < -0.3 is 10.4 Å². The molecule has 3 nitrogen and oxygen atoms in total. The van der Waals surface area contributed by atoms with Crippen LogP contribution in [0.3, 0.4) is 0 Å². The number of benzene rings is 2. The summed E-state index contributed by atoms with van der Waals surface area (Å²) < 4.78 is 13.8. The van der Waals surface area contributed by atoms with E-state index in [0.717, 1.165) is 12.8 Å². The lowest BCUT2D eigenvalue weighted by molar-refractivity contribution is 0.0697. The van der Waals surface area contributed by atoms with Gasteiger partial charge in [0.15, 0.2) is 0 Å². The zero-order chi connectivity index (χ0) is 14.9. The molecule has 2 aromatic carbocycles. The normalized spacial score (nSPS) is 15.5. The predicted octanol–water partition coefficient (Wildman–Crippen LogP) is 3.67. The highest BCUT2D eigenvalue weighted by Crippen LogP contribution is 2.48. The second kappa shape index (κ2) is 5.20. The summed E-state index contributed by atoms with van der Waals surface area (Å²) in [4.78, 5) is 10.9. The lowest BCUT2D eigenvalue weighted by Crippen LogP contribution is -2.20. The Bertz CT molecular complexity index is 666. The highest BCUT2D eigenvalue weighted by molar-refractivity contribution is 5.88. The van der Waals surface area contributed by atoms with E-state index in [1.807, 2.05) is 18.2 Å². The second-order valence-corrected chi connectivity index (χ2v) is 5.50. The minimum Gasteiger partial charge on any atom is -0.478 e. The quantitative estimate of drug-likeness (QED) is 0.881. The first-order chi connectivity index (χ1) is 10.1. The molecule has 1 saturated carbocycles. The van der Waals surface area contributed by atoms with Crippen LogP contribution in [0.5, 0.6) is 0 Å². The van der Waals surface area contributed by atoms with Gasteiger partial charge in [0.2, 0.25) is 0 Å². The molecule has 0 aromatic heterocycles. The minimum atomic E-state index is -1.05. The third kappa shape index (κ3) is 2.75. The molecule has 1 aliphatic rings. The molecule has 108 valence electrons. The second-order valence-electron chi connectivity index (χ2n) is 5.50. The number of carbonyl (C=O) groups is 1. The van der Waals surface area contributed by atoms with Gasteiger partial charge in [0.05, 0.1) is 11.3 Å². The van der Waals surface area contributed by atoms with E-state index in [9.17, 15) is 9.18 Å². The van der Waals surface area contributed by atoms with Crippen LogP contribution < -0.4 is 5.32 Å². The molecule has 0 atom stereocenters. The number of hydrogen-bond donors (Lipinski definition) is 2. The summed E-state index contributed by atoms with van der Waals surface area (Å²) in [6.45, 7) is 0.608. The topological polar surface area (TPSA) is 49.3 Å². The number of anilines is 1. The van der Waals surface area contributed by atoms with Crippen molar-refractivity contribution in [1.29, 1.82) is 0 Å². The summed E-state index contributed by atoms with van der Waals surface area (Å²) >= 11 is 0. The molecule has 0 saturated heterocycles. The molecule has 0 heterocycles. The molecule has 0 bridgehead atoms. The van der Waals surface area contributed by atoms with E-state index in [-0.39, 0.29) is 16.7 Å². The van der Waals surface area contributed by atoms with Crippen molar-refractivity contribution in [3.8, 4) is 0 Å². The Kier molecular flexibility index (Phi) is 3.37. The summed E-state index contributed by atoms with van der Waals surface area (Å²) in [6, 6.07) is 13.9. The number of halogens is 1. The van der Waals surface area contributed by atoms with Crippen LogP contribution in [0.4, 0.5) is 10.1 Å². The third-order valence-corrected chi connectivity index (χ3v) is 4.07. The van der Waals surface area contributed by atoms with E-state index >= 15 is 0 Å². The van der Waals surface area contributed by atoms with Crippen LogP contribution in [0, 0.1) is 5.82 Å². The highest BCUT2D eigenvalue weighted by Gasteiger charge is 2.43. The summed E-state index contributed by atoms with van der Waals surface area (Å²) in [5.74, 6) is -1.48. The maximum absolute atomic E-state index is 13.8. The van der Waals surface area contributed by atoms with Gasteiger partial charge in [-0.3, -0.25) is 0 Å². The molecule has 0 aliphatic heterocycles. The van der Waals surface area contributed by atoms with E-state index < -0.39 is 11.8 Å². The Hall–Kier alpha value is -2.36. The Labute approximate surface area is 122 Å². The molecule has 4 heteroatoms. The maximum atomic E-state index is 13.8. The third-order valence-electron chi connectivity index (χ3n) is 4.07. The zero-order valence-electron chi connectivity index (χ0n) is 11.5. The van der Waals surface area contributed by atoms with Crippen LogP contribution in [0.25, 0.3) is 0 Å². The van der Waals surface area contributed by atoms with Crippen molar-refractivity contribution in [2.75, 3.05) is 11.9 Å². The van der Waals surface area contributed by atoms with E-state index in [0.29, 0.717) is 6.54 Å². The molecule has 3 rings (SSSR count). The van der Waals surface area contributed by atoms with Crippen molar-refractivity contribution in [3.63, 3.8) is 0 Å². The Morgan fingerprint density at radius 1 is 1.19 bits per heavy atom. The van der Waals surface area contributed by atoms with Crippen molar-refractivity contribution in [3.05, 3.63) is 65.5 Å². The number of rotatable bonds is 5. The molecular formula is C17H16FNO2. The van der Waals surface area contributed by atoms with E-state index in [4.69, 9.17) is 5.11 Å². The van der Waals surface area contributed by atoms with Crippen molar-refractivity contribution >= 4 is 11.7 Å². The predicted molar refractivity (Wildman–Crippen MR) is 79.2 cm³/mol. The number of nitrogens with one attached hydrogen (secondary N) is 1. The van der Waals surface area contributed by atoms with Gasteiger partial charge in [0.25, 0.3) is 0 Å². The number of hydrogen-bond acceptors (Lipinski definition) is 2. The van der Waals surface area contributed by atoms with Crippen LogP contribution in [-0.4, -0.2) is 17.6 Å². The van der Waals surface area contributed by atoms with Crippen LogP contribution in [0.1, 0.15) is 28.8 Å². The van der Waals surface area contributed by atoms with Crippen molar-refractivity contribution in [2.45, 2.75) is 18.3 Å². The minimum absolute atomic E-state index is 0.0485. The standard InChI is InChI=1S/C17H16FNO2/c18-14-7-6-12(16(20)21)10-15(14)19-11-17(8-9-17)13-4-2-1-3-5-13/h1-7,10,19H,8-9,11H2,(H,20,21). The number of aromatic carboxylic acids is 1. The molecule has 1 aliphatic carbocycles. The van der Waals surface area contributed by atoms with Crippen LogP contribution >= 0.6 is 0 Å². The van der Waals surface area contributed by atoms with Gasteiger partial charge in [-0.15, -0.1) is 0 Å². The van der Waals surface area contributed by atoms with Crippen LogP contribution in [0.2, 0.25) is 0 Å². The van der Waals surface area contributed by atoms with Gasteiger partial charge in [-0.05, 0) is 36.6 Å². The van der Waals surface area contributed by atoms with Crippen LogP contribution in [0.15, 0.2) is 48.5 Å². The average molecular weight is 285 g/mol. The van der Waals surface area contributed by atoms with E-state index in [1.165, 1.54) is 23.8 Å². The fraction of sp³-hybridized carbons (Fsp3) is 0.235. The highest BCUT2D eigenvalue weighted by atomic mass is 19.1. The fourth-order valence-corrected chi connectivity index (χ4v) is 2.57. The lowest BCUT2D eigenvalue weighted by atomic mass is 9.96. The number of carboxylic acid groups (broad SMARTS) is 1. The number of carboxylic acids is 1. The monoisotopic (exact) mass is 285 g/mol. The summed E-state index contributed by atoms with van der Waals surface area (Å²) in [6.07, 6.45) is 2.12. The zero-order valence-corrected chi connectivity index (χ0v) is 11.5. The van der Waals surface area contributed by atoms with Crippen LogP contribution in [-0.2, 0) is 5.41 Å². The average Bonchev–Trinajstić information content (AvgIpc) is 3.28. The molecule has 0 spiro atoms. The smallest absolute Gasteiger partial charge is 0.335 e. The van der Waals surface area contributed by atoms with Gasteiger partial charge >= 0.3 is 5.97 Å². The van der Waals surface area contributed by atoms with Gasteiger partial charge in [0, 0.05) is 12.0 Å². The van der Waals surface area contributed by atoms with Crippen molar-refractivity contribution < 1.29 is 14.3 Å². The molecule has 2 N–H and O–H groups in total. The maximum Gasteiger partial charge on any atom is 0.335 e. The van der Waals surface area contributed by atoms with Gasteiger partial charge in [-0.2, -0.15) is 0 Å². The van der Waals surface area contributed by atoms with Gasteiger partial charge in [-0.1, -0.05) is 30.3 Å². The van der Waals surface area contributed by atoms with E-state index in [1.54, 1.807) is 0 Å². The molecule has 21 heavy (non-hydrogen) atoms. The summed E-state index contributed by atoms with van der Waals surface area (Å²) in [7, 11) is 0. The van der Waals surface area contributed by atoms with Gasteiger partial charge in [-0.25, -0.2) is 9.18 Å². The Morgan fingerprint density at radius 3 is 2.52 bits per heavy atom. The molecule has 0 radical (unpaired) electrons. The Morgan fingerprint density at radius 2 is 1.90 bits per heavy atom. The van der Waals surface area contributed by atoms with Gasteiger partial charge in [0.1, 0.15) is 5.82 Å².